The van der Waals surface area contributed by atoms with Gasteiger partial charge in [-0.1, -0.05) is 13.8 Å². The Kier molecular flexibility index (Phi) is 4.98. The lowest BCUT2D eigenvalue weighted by Crippen LogP contribution is -2.53. The average Bonchev–Trinajstić information content (AvgIpc) is 3.07. The molecule has 118 valence electrons. The van der Waals surface area contributed by atoms with Crippen molar-refractivity contribution in [2.24, 2.45) is 11.7 Å². The molecule has 3 N–H and O–H groups in total. The molecule has 1 saturated carbocycles. The number of carbonyl (C=O) groups is 3. The predicted octanol–water partition coefficient (Wildman–Crippen LogP) is 0.199. The predicted molar refractivity (Wildman–Crippen MR) is 78.3 cm³/mol. The Labute approximate surface area is 125 Å². The summed E-state index contributed by atoms with van der Waals surface area (Å²) in [6, 6.07) is -0.804. The van der Waals surface area contributed by atoms with Gasteiger partial charge in [0.15, 0.2) is 0 Å². The van der Waals surface area contributed by atoms with Gasteiger partial charge in [-0.15, -0.1) is 0 Å². The van der Waals surface area contributed by atoms with Crippen LogP contribution in [-0.4, -0.2) is 47.2 Å². The van der Waals surface area contributed by atoms with Crippen molar-refractivity contribution in [3.63, 3.8) is 0 Å². The van der Waals surface area contributed by atoms with E-state index in [1.54, 1.807) is 0 Å². The maximum absolute atomic E-state index is 12.5. The van der Waals surface area contributed by atoms with Crippen molar-refractivity contribution in [1.29, 1.82) is 0 Å². The van der Waals surface area contributed by atoms with E-state index < -0.39 is 29.7 Å². The van der Waals surface area contributed by atoms with E-state index in [2.05, 4.69) is 5.32 Å². The summed E-state index contributed by atoms with van der Waals surface area (Å²) in [6.07, 6.45) is 3.96. The van der Waals surface area contributed by atoms with Crippen LogP contribution in [0.5, 0.6) is 0 Å². The van der Waals surface area contributed by atoms with Crippen molar-refractivity contribution < 1.29 is 14.4 Å². The van der Waals surface area contributed by atoms with Gasteiger partial charge in [0.05, 0.1) is 12.1 Å². The fraction of sp³-hybridized carbons (Fsp3) is 0.800. The van der Waals surface area contributed by atoms with Gasteiger partial charge >= 0.3 is 0 Å². The normalized spacial score (nSPS) is 24.0. The molecule has 0 spiro atoms. The molecule has 2 amide bonds. The van der Waals surface area contributed by atoms with Crippen LogP contribution in [0.2, 0.25) is 0 Å². The fourth-order valence-corrected chi connectivity index (χ4v) is 2.94. The second kappa shape index (κ2) is 6.56. The topological polar surface area (TPSA) is 92.5 Å². The van der Waals surface area contributed by atoms with Gasteiger partial charge in [0.2, 0.25) is 11.7 Å². The van der Waals surface area contributed by atoms with Crippen LogP contribution in [0.15, 0.2) is 0 Å². The van der Waals surface area contributed by atoms with E-state index >= 15 is 0 Å². The summed E-state index contributed by atoms with van der Waals surface area (Å²) < 4.78 is 0. The molecular formula is C15H25N3O3. The number of nitrogens with one attached hydrogen (secondary N) is 1. The summed E-state index contributed by atoms with van der Waals surface area (Å²) in [7, 11) is 0. The summed E-state index contributed by atoms with van der Waals surface area (Å²) in [6.45, 7) is 4.66. The number of likely N-dealkylation sites (tertiary alicyclic amines) is 1. The summed E-state index contributed by atoms with van der Waals surface area (Å²) in [5.74, 6) is -1.08. The van der Waals surface area contributed by atoms with Crippen LogP contribution in [0.3, 0.4) is 0 Å². The molecule has 21 heavy (non-hydrogen) atoms. The lowest BCUT2D eigenvalue weighted by molar-refractivity contribution is -0.142. The van der Waals surface area contributed by atoms with E-state index in [0.717, 1.165) is 19.3 Å². The zero-order chi connectivity index (χ0) is 15.6. The molecule has 0 bridgehead atoms. The zero-order valence-corrected chi connectivity index (χ0v) is 12.8. The molecule has 1 heterocycles. The molecule has 1 aliphatic heterocycles. The third-order valence-corrected chi connectivity index (χ3v) is 4.16. The molecule has 2 atom stereocenters. The van der Waals surface area contributed by atoms with Crippen LogP contribution in [0.1, 0.15) is 46.0 Å². The fourth-order valence-electron chi connectivity index (χ4n) is 2.94. The molecule has 0 aromatic heterocycles. The number of nitrogens with zero attached hydrogens (tertiary/aromatic N) is 1. The maximum Gasteiger partial charge on any atom is 0.289 e. The van der Waals surface area contributed by atoms with Gasteiger partial charge in [-0.25, -0.2) is 0 Å². The number of carbonyl (C=O) groups excluding carboxylic acids is 3. The minimum Gasteiger partial charge on any atom is -0.368 e. The SMILES string of the molecule is CC(C)C[C@@H](C(=O)C(=O)NC1CC1)N1CCCC1C(N)=O. The molecule has 0 radical (unpaired) electrons. The van der Waals surface area contributed by atoms with E-state index in [4.69, 9.17) is 5.73 Å². The van der Waals surface area contributed by atoms with Gasteiger partial charge in [-0.3, -0.25) is 19.3 Å². The highest BCUT2D eigenvalue weighted by molar-refractivity contribution is 6.38. The highest BCUT2D eigenvalue weighted by Gasteiger charge is 2.40. The third kappa shape index (κ3) is 4.03. The molecule has 6 heteroatoms. The number of hydrogen-bond donors (Lipinski definition) is 2. The van der Waals surface area contributed by atoms with Gasteiger partial charge in [-0.2, -0.15) is 0 Å². The van der Waals surface area contributed by atoms with Crippen LogP contribution >= 0.6 is 0 Å². The summed E-state index contributed by atoms with van der Waals surface area (Å²) >= 11 is 0. The molecule has 6 nitrogen and oxygen atoms in total. The van der Waals surface area contributed by atoms with E-state index in [-0.39, 0.29) is 12.0 Å². The first-order valence-corrected chi connectivity index (χ1v) is 7.80. The lowest BCUT2D eigenvalue weighted by atomic mass is 9.97. The van der Waals surface area contributed by atoms with Gasteiger partial charge in [-0.05, 0) is 44.6 Å². The molecule has 2 rings (SSSR count). The van der Waals surface area contributed by atoms with Gasteiger partial charge in [0, 0.05) is 6.04 Å². The molecule has 1 unspecified atom stereocenters. The Bertz CT molecular complexity index is 432. The molecule has 1 saturated heterocycles. The minimum absolute atomic E-state index is 0.159. The number of rotatable bonds is 7. The van der Waals surface area contributed by atoms with Crippen molar-refractivity contribution in [2.45, 2.75) is 64.1 Å². The minimum atomic E-state index is -0.538. The molecule has 1 aliphatic carbocycles. The van der Waals surface area contributed by atoms with E-state index in [9.17, 15) is 14.4 Å². The molecule has 2 aliphatic rings. The first-order valence-electron chi connectivity index (χ1n) is 7.80. The Balaban J connectivity index is 2.10. The Morgan fingerprint density at radius 1 is 1.24 bits per heavy atom. The Morgan fingerprint density at radius 2 is 1.90 bits per heavy atom. The maximum atomic E-state index is 12.5. The van der Waals surface area contributed by atoms with E-state index in [1.165, 1.54) is 0 Å². The van der Waals surface area contributed by atoms with Gasteiger partial charge < -0.3 is 11.1 Å². The van der Waals surface area contributed by atoms with Crippen molar-refractivity contribution in [3.05, 3.63) is 0 Å². The Morgan fingerprint density at radius 3 is 2.43 bits per heavy atom. The summed E-state index contributed by atoms with van der Waals surface area (Å²) in [5, 5.41) is 2.74. The number of primary amides is 1. The van der Waals surface area contributed by atoms with Crippen LogP contribution in [0, 0.1) is 5.92 Å². The standard InChI is InChI=1S/C15H25N3O3/c1-9(2)8-12(13(19)15(21)17-10-5-6-10)18-7-3-4-11(18)14(16)20/h9-12H,3-8H2,1-2H3,(H2,16,20)(H,17,21)/t11?,12-/m0/s1. The second-order valence-electron chi connectivity index (χ2n) is 6.56. The number of amides is 2. The van der Waals surface area contributed by atoms with Crippen LogP contribution in [0.25, 0.3) is 0 Å². The number of nitrogens with two attached hydrogens (primary N) is 1. The van der Waals surface area contributed by atoms with Crippen LogP contribution < -0.4 is 11.1 Å². The molecule has 0 aromatic carbocycles. The smallest absolute Gasteiger partial charge is 0.289 e. The van der Waals surface area contributed by atoms with Crippen molar-refractivity contribution >= 4 is 17.6 Å². The Hall–Kier alpha value is -1.43. The van der Waals surface area contributed by atoms with E-state index in [0.29, 0.717) is 19.4 Å². The second-order valence-corrected chi connectivity index (χ2v) is 6.56. The van der Waals surface area contributed by atoms with Gasteiger partial charge in [0.1, 0.15) is 0 Å². The molecule has 0 aromatic rings. The largest absolute Gasteiger partial charge is 0.368 e. The first kappa shape index (κ1) is 15.9. The number of hydrogen-bond acceptors (Lipinski definition) is 4. The highest BCUT2D eigenvalue weighted by Crippen LogP contribution is 2.25. The monoisotopic (exact) mass is 295 g/mol. The zero-order valence-electron chi connectivity index (χ0n) is 12.8. The van der Waals surface area contributed by atoms with Crippen molar-refractivity contribution in [3.8, 4) is 0 Å². The van der Waals surface area contributed by atoms with E-state index in [1.807, 2.05) is 18.7 Å². The lowest BCUT2D eigenvalue weighted by Gasteiger charge is -2.31. The highest BCUT2D eigenvalue weighted by atomic mass is 16.2. The van der Waals surface area contributed by atoms with Gasteiger partial charge in [0.25, 0.3) is 5.91 Å². The molecule has 2 fully saturated rings. The van der Waals surface area contributed by atoms with Crippen molar-refractivity contribution in [2.75, 3.05) is 6.54 Å². The average molecular weight is 295 g/mol. The van der Waals surface area contributed by atoms with Crippen LogP contribution in [-0.2, 0) is 14.4 Å². The quantitative estimate of drug-likeness (QED) is 0.656. The summed E-state index contributed by atoms with van der Waals surface area (Å²) in [4.78, 5) is 37.9. The summed E-state index contributed by atoms with van der Waals surface area (Å²) in [5.41, 5.74) is 5.43. The molecular weight excluding hydrogens is 270 g/mol. The van der Waals surface area contributed by atoms with Crippen molar-refractivity contribution in [1.82, 2.24) is 10.2 Å². The van der Waals surface area contributed by atoms with Crippen LogP contribution in [0.4, 0.5) is 0 Å². The number of ketones is 1. The number of Topliss-reactive ketones (excluding diaryl/α,β-unsaturated/α-hetero) is 1. The first-order chi connectivity index (χ1) is 9.90. The third-order valence-electron chi connectivity index (χ3n) is 4.16.